The summed E-state index contributed by atoms with van der Waals surface area (Å²) in [4.78, 5) is 12.2. The van der Waals surface area contributed by atoms with Gasteiger partial charge >= 0.3 is 5.97 Å². The molecule has 1 N–H and O–H groups in total. The summed E-state index contributed by atoms with van der Waals surface area (Å²) in [6, 6.07) is 0. The Bertz CT molecular complexity index is 537. The molecule has 0 spiro atoms. The van der Waals surface area contributed by atoms with Crippen LogP contribution in [0.25, 0.3) is 0 Å². The highest BCUT2D eigenvalue weighted by atomic mass is 16.6. The largest absolute Gasteiger partial charge is 0.457 e. The predicted octanol–water partition coefficient (Wildman–Crippen LogP) is 12.8. The van der Waals surface area contributed by atoms with Crippen LogP contribution in [0, 0.1) is 0 Å². The molecule has 0 saturated heterocycles. The fraction of sp³-hybridized carbons (Fsp3) is 0.975. The zero-order valence-corrected chi connectivity index (χ0v) is 30.2. The highest BCUT2D eigenvalue weighted by Crippen LogP contribution is 2.16. The Morgan fingerprint density at radius 2 is 0.750 bits per heavy atom. The summed E-state index contributed by atoms with van der Waals surface area (Å²) in [7, 11) is 0. The molecule has 264 valence electrons. The van der Waals surface area contributed by atoms with Gasteiger partial charge in [0.25, 0.3) is 0 Å². The van der Waals surface area contributed by atoms with Crippen molar-refractivity contribution in [2.75, 3.05) is 19.8 Å². The van der Waals surface area contributed by atoms with E-state index in [1.165, 1.54) is 186 Å². The van der Waals surface area contributed by atoms with Crippen molar-refractivity contribution in [1.29, 1.82) is 0 Å². The summed E-state index contributed by atoms with van der Waals surface area (Å²) in [5, 5.41) is 9.57. The van der Waals surface area contributed by atoms with Crippen molar-refractivity contribution in [3.8, 4) is 0 Å². The molecule has 0 radical (unpaired) electrons. The van der Waals surface area contributed by atoms with Crippen molar-refractivity contribution in [2.24, 2.45) is 0 Å². The van der Waals surface area contributed by atoms with Gasteiger partial charge in [-0.2, -0.15) is 0 Å². The van der Waals surface area contributed by atoms with Gasteiger partial charge in [-0.1, -0.05) is 206 Å². The molecular formula is C40H80O4. The smallest absolute Gasteiger partial charge is 0.306 e. The lowest BCUT2D eigenvalue weighted by atomic mass is 10.0. The molecular weight excluding hydrogens is 544 g/mol. The molecule has 4 heteroatoms. The van der Waals surface area contributed by atoms with Gasteiger partial charge in [0.2, 0.25) is 0 Å². The number of aliphatic hydroxyl groups excluding tert-OH is 1. The summed E-state index contributed by atoms with van der Waals surface area (Å²) in [5.41, 5.74) is 0. The molecule has 0 aromatic rings. The molecule has 0 aliphatic rings. The molecule has 0 heterocycles. The number of carbonyl (C=O) groups is 1. The minimum atomic E-state index is -0.524. The van der Waals surface area contributed by atoms with Crippen molar-refractivity contribution >= 4 is 5.97 Å². The Hall–Kier alpha value is -0.610. The van der Waals surface area contributed by atoms with Gasteiger partial charge < -0.3 is 14.6 Å². The lowest BCUT2D eigenvalue weighted by Gasteiger charge is -2.16. The lowest BCUT2D eigenvalue weighted by Crippen LogP contribution is -2.27. The SMILES string of the molecule is CCCCCCCCCCCCCCCCCCOCC(CO)OC(=O)CCCCCCCCCCCCCCCCCC. The average Bonchev–Trinajstić information content (AvgIpc) is 3.03. The maximum atomic E-state index is 12.2. The fourth-order valence-electron chi connectivity index (χ4n) is 6.15. The van der Waals surface area contributed by atoms with E-state index in [1.54, 1.807) is 0 Å². The summed E-state index contributed by atoms with van der Waals surface area (Å²) < 4.78 is 11.1. The second-order valence-electron chi connectivity index (χ2n) is 13.7. The van der Waals surface area contributed by atoms with Crippen LogP contribution >= 0.6 is 0 Å². The number of aliphatic hydroxyl groups is 1. The van der Waals surface area contributed by atoms with Gasteiger partial charge in [-0.15, -0.1) is 0 Å². The maximum absolute atomic E-state index is 12.2. The third-order valence-corrected chi connectivity index (χ3v) is 9.18. The zero-order chi connectivity index (χ0) is 32.0. The number of rotatable bonds is 38. The number of hydrogen-bond donors (Lipinski definition) is 1. The van der Waals surface area contributed by atoms with Crippen LogP contribution in [0.2, 0.25) is 0 Å². The first-order valence-electron chi connectivity index (χ1n) is 20.1. The Kier molecular flexibility index (Phi) is 38.0. The minimum absolute atomic E-state index is 0.163. The molecule has 0 amide bonds. The topological polar surface area (TPSA) is 55.8 Å². The molecule has 44 heavy (non-hydrogen) atoms. The molecule has 0 fully saturated rings. The van der Waals surface area contributed by atoms with Crippen molar-refractivity contribution in [3.63, 3.8) is 0 Å². The van der Waals surface area contributed by atoms with E-state index in [4.69, 9.17) is 9.47 Å². The van der Waals surface area contributed by atoms with Gasteiger partial charge in [-0.3, -0.25) is 4.79 Å². The lowest BCUT2D eigenvalue weighted by molar-refractivity contribution is -0.154. The van der Waals surface area contributed by atoms with Crippen molar-refractivity contribution < 1.29 is 19.4 Å². The first-order chi connectivity index (χ1) is 21.7. The van der Waals surface area contributed by atoms with Gasteiger partial charge in [0.15, 0.2) is 0 Å². The monoisotopic (exact) mass is 625 g/mol. The molecule has 0 bridgehead atoms. The number of esters is 1. The van der Waals surface area contributed by atoms with Crippen molar-refractivity contribution in [2.45, 2.75) is 232 Å². The first-order valence-corrected chi connectivity index (χ1v) is 20.1. The summed E-state index contributed by atoms with van der Waals surface area (Å²) >= 11 is 0. The van der Waals surface area contributed by atoms with E-state index < -0.39 is 6.10 Å². The molecule has 0 aliphatic heterocycles. The number of carbonyl (C=O) groups excluding carboxylic acids is 1. The van der Waals surface area contributed by atoms with Crippen LogP contribution < -0.4 is 0 Å². The molecule has 0 saturated carbocycles. The third kappa shape index (κ3) is 35.9. The first kappa shape index (κ1) is 43.4. The van der Waals surface area contributed by atoms with E-state index in [-0.39, 0.29) is 12.6 Å². The third-order valence-electron chi connectivity index (χ3n) is 9.18. The van der Waals surface area contributed by atoms with Crippen LogP contribution in [0.5, 0.6) is 0 Å². The quantitative estimate of drug-likeness (QED) is 0.0548. The number of hydrogen-bond acceptors (Lipinski definition) is 4. The van der Waals surface area contributed by atoms with E-state index in [2.05, 4.69) is 13.8 Å². The van der Waals surface area contributed by atoms with Crippen LogP contribution in [0.1, 0.15) is 226 Å². The highest BCUT2D eigenvalue weighted by molar-refractivity contribution is 5.69. The normalized spacial score (nSPS) is 12.2. The molecule has 0 aromatic heterocycles. The van der Waals surface area contributed by atoms with Crippen LogP contribution in [-0.4, -0.2) is 37.0 Å². The Labute approximate surface area is 276 Å². The predicted molar refractivity (Wildman–Crippen MR) is 191 cm³/mol. The standard InChI is InChI=1S/C40H80O4/c1-3-5-7-9-11-13-15-17-19-21-23-25-27-29-31-33-35-40(42)44-39(37-41)38-43-36-34-32-30-28-26-24-22-20-18-16-14-12-10-8-6-4-2/h39,41H,3-38H2,1-2H3. The number of ether oxygens (including phenoxy) is 2. The highest BCUT2D eigenvalue weighted by Gasteiger charge is 2.13. The van der Waals surface area contributed by atoms with Crippen molar-refractivity contribution in [1.82, 2.24) is 0 Å². The Morgan fingerprint density at radius 3 is 1.07 bits per heavy atom. The molecule has 0 aliphatic carbocycles. The summed E-state index contributed by atoms with van der Waals surface area (Å²) in [6.45, 7) is 5.40. The van der Waals surface area contributed by atoms with E-state index in [0.29, 0.717) is 19.6 Å². The van der Waals surface area contributed by atoms with E-state index in [0.717, 1.165) is 19.3 Å². The van der Waals surface area contributed by atoms with Gasteiger partial charge in [0, 0.05) is 13.0 Å². The van der Waals surface area contributed by atoms with Gasteiger partial charge in [0.1, 0.15) is 6.10 Å². The zero-order valence-electron chi connectivity index (χ0n) is 30.2. The number of unbranched alkanes of at least 4 members (excludes halogenated alkanes) is 30. The van der Waals surface area contributed by atoms with Crippen LogP contribution in [0.15, 0.2) is 0 Å². The average molecular weight is 625 g/mol. The van der Waals surface area contributed by atoms with Crippen molar-refractivity contribution in [3.05, 3.63) is 0 Å². The molecule has 4 nitrogen and oxygen atoms in total. The van der Waals surface area contributed by atoms with Gasteiger partial charge in [-0.05, 0) is 12.8 Å². The molecule has 0 rings (SSSR count). The Morgan fingerprint density at radius 1 is 0.455 bits per heavy atom. The second-order valence-corrected chi connectivity index (χ2v) is 13.7. The van der Waals surface area contributed by atoms with Crippen LogP contribution in [0.4, 0.5) is 0 Å². The van der Waals surface area contributed by atoms with E-state index in [1.807, 2.05) is 0 Å². The van der Waals surface area contributed by atoms with E-state index >= 15 is 0 Å². The maximum Gasteiger partial charge on any atom is 0.306 e. The van der Waals surface area contributed by atoms with Crippen LogP contribution in [-0.2, 0) is 14.3 Å². The summed E-state index contributed by atoms with van der Waals surface area (Å²) in [5.74, 6) is -0.194. The van der Waals surface area contributed by atoms with Gasteiger partial charge in [0.05, 0.1) is 13.2 Å². The summed E-state index contributed by atoms with van der Waals surface area (Å²) in [6.07, 6.45) is 42.9. The second kappa shape index (κ2) is 38.6. The minimum Gasteiger partial charge on any atom is -0.457 e. The fourth-order valence-corrected chi connectivity index (χ4v) is 6.15. The molecule has 1 atom stereocenters. The van der Waals surface area contributed by atoms with E-state index in [9.17, 15) is 9.90 Å². The molecule has 0 aromatic carbocycles. The Balaban J connectivity index is 3.36. The van der Waals surface area contributed by atoms with Gasteiger partial charge in [-0.25, -0.2) is 0 Å². The van der Waals surface area contributed by atoms with Crippen LogP contribution in [0.3, 0.4) is 0 Å². The molecule has 1 unspecified atom stereocenters.